The Morgan fingerprint density at radius 1 is 1.52 bits per heavy atom. The Labute approximate surface area is 125 Å². The van der Waals surface area contributed by atoms with E-state index < -0.39 is 0 Å². The predicted molar refractivity (Wildman–Crippen MR) is 82.9 cm³/mol. The van der Waals surface area contributed by atoms with Gasteiger partial charge in [0.05, 0.1) is 16.9 Å². The van der Waals surface area contributed by atoms with E-state index in [1.807, 2.05) is 19.9 Å². The zero-order valence-corrected chi connectivity index (χ0v) is 12.7. The number of hydrogen-bond acceptors (Lipinski definition) is 5. The minimum Gasteiger partial charge on any atom is -0.409 e. The van der Waals surface area contributed by atoms with Crippen LogP contribution >= 0.6 is 0 Å². The molecule has 1 saturated heterocycles. The number of aliphatic hydroxyl groups excluding tert-OH is 1. The molecule has 1 aliphatic heterocycles. The number of aryl methyl sites for hydroxylation is 2. The fraction of sp³-hybridized carbons (Fsp3) is 0.600. The molecular formula is C15H24N4O2. The number of hydrogen-bond donors (Lipinski definition) is 3. The molecule has 21 heavy (non-hydrogen) atoms. The maximum atomic E-state index is 9.14. The van der Waals surface area contributed by atoms with Crippen LogP contribution in [-0.4, -0.2) is 40.8 Å². The van der Waals surface area contributed by atoms with Crippen molar-refractivity contribution in [2.24, 2.45) is 16.8 Å². The molecule has 2 rings (SSSR count). The molecule has 1 atom stereocenters. The van der Waals surface area contributed by atoms with E-state index in [-0.39, 0.29) is 12.4 Å². The molecule has 0 amide bonds. The van der Waals surface area contributed by atoms with Crippen LogP contribution in [0, 0.1) is 19.8 Å². The monoisotopic (exact) mass is 292 g/mol. The number of piperidine rings is 1. The molecule has 1 aromatic rings. The highest BCUT2D eigenvalue weighted by Crippen LogP contribution is 2.29. The van der Waals surface area contributed by atoms with Gasteiger partial charge >= 0.3 is 0 Å². The lowest BCUT2D eigenvalue weighted by Crippen LogP contribution is -2.37. The van der Waals surface area contributed by atoms with Crippen molar-refractivity contribution >= 4 is 11.5 Å². The van der Waals surface area contributed by atoms with Crippen molar-refractivity contribution in [3.05, 3.63) is 23.0 Å². The Balaban J connectivity index is 2.37. The molecule has 6 nitrogen and oxygen atoms in total. The van der Waals surface area contributed by atoms with Crippen molar-refractivity contribution in [2.75, 3.05) is 24.6 Å². The maximum Gasteiger partial charge on any atom is 0.174 e. The van der Waals surface area contributed by atoms with Crippen LogP contribution in [0.25, 0.3) is 0 Å². The summed E-state index contributed by atoms with van der Waals surface area (Å²) in [5, 5.41) is 21.3. The second-order valence-corrected chi connectivity index (χ2v) is 5.69. The van der Waals surface area contributed by atoms with Crippen LogP contribution in [-0.2, 0) is 0 Å². The van der Waals surface area contributed by atoms with Gasteiger partial charge in [-0.1, -0.05) is 5.16 Å². The number of anilines is 1. The minimum absolute atomic E-state index is 0.0966. The lowest BCUT2D eigenvalue weighted by Gasteiger charge is -2.35. The van der Waals surface area contributed by atoms with Gasteiger partial charge in [-0.2, -0.15) is 0 Å². The summed E-state index contributed by atoms with van der Waals surface area (Å²) < 4.78 is 0. The Hall–Kier alpha value is -1.82. The van der Waals surface area contributed by atoms with E-state index in [0.29, 0.717) is 11.5 Å². The number of oxime groups is 1. The molecule has 1 aliphatic rings. The summed E-state index contributed by atoms with van der Waals surface area (Å²) in [7, 11) is 0. The molecule has 1 fully saturated rings. The second-order valence-electron chi connectivity index (χ2n) is 5.69. The Kier molecular flexibility index (Phi) is 5.01. The second kappa shape index (κ2) is 6.76. The van der Waals surface area contributed by atoms with Gasteiger partial charge in [-0.05, 0) is 45.1 Å². The maximum absolute atomic E-state index is 9.14. The number of amidine groups is 1. The Morgan fingerprint density at radius 2 is 2.29 bits per heavy atom. The molecule has 6 heteroatoms. The summed E-state index contributed by atoms with van der Waals surface area (Å²) in [4.78, 5) is 6.68. The van der Waals surface area contributed by atoms with E-state index in [0.717, 1.165) is 49.4 Å². The first kappa shape index (κ1) is 15.6. The van der Waals surface area contributed by atoms with Crippen molar-refractivity contribution in [2.45, 2.75) is 33.1 Å². The van der Waals surface area contributed by atoms with Crippen molar-refractivity contribution < 1.29 is 10.3 Å². The molecule has 0 saturated carbocycles. The van der Waals surface area contributed by atoms with Crippen LogP contribution < -0.4 is 10.6 Å². The third kappa shape index (κ3) is 3.44. The fourth-order valence-electron chi connectivity index (χ4n) is 3.13. The van der Waals surface area contributed by atoms with Gasteiger partial charge in [0.25, 0.3) is 0 Å². The summed E-state index contributed by atoms with van der Waals surface area (Å²) in [5.41, 5.74) is 9.20. The zero-order chi connectivity index (χ0) is 15.4. The van der Waals surface area contributed by atoms with Gasteiger partial charge in [0, 0.05) is 25.4 Å². The van der Waals surface area contributed by atoms with Gasteiger partial charge in [0.2, 0.25) is 0 Å². The van der Waals surface area contributed by atoms with Gasteiger partial charge in [-0.3, -0.25) is 4.98 Å². The Bertz CT molecular complexity index is 529. The lowest BCUT2D eigenvalue weighted by molar-refractivity contribution is 0.244. The van der Waals surface area contributed by atoms with Crippen molar-refractivity contribution in [3.63, 3.8) is 0 Å². The molecule has 2 heterocycles. The quantitative estimate of drug-likeness (QED) is 0.337. The molecule has 0 aliphatic carbocycles. The van der Waals surface area contributed by atoms with Crippen LogP contribution in [0.3, 0.4) is 0 Å². The third-order valence-electron chi connectivity index (χ3n) is 4.07. The molecule has 1 unspecified atom stereocenters. The molecule has 0 radical (unpaired) electrons. The number of aliphatic hydroxyl groups is 1. The first-order valence-corrected chi connectivity index (χ1v) is 7.38. The van der Waals surface area contributed by atoms with Crippen LogP contribution in [0.15, 0.2) is 11.2 Å². The fourth-order valence-corrected chi connectivity index (χ4v) is 3.13. The van der Waals surface area contributed by atoms with Gasteiger partial charge in [-0.15, -0.1) is 0 Å². The molecule has 0 bridgehead atoms. The highest BCUT2D eigenvalue weighted by Gasteiger charge is 2.24. The van der Waals surface area contributed by atoms with Crippen LogP contribution in [0.4, 0.5) is 5.69 Å². The van der Waals surface area contributed by atoms with Gasteiger partial charge in [0.1, 0.15) is 0 Å². The summed E-state index contributed by atoms with van der Waals surface area (Å²) in [6.45, 7) is 5.87. The summed E-state index contributed by atoms with van der Waals surface area (Å²) in [6, 6.07) is 1.99. The van der Waals surface area contributed by atoms with Crippen LogP contribution in [0.2, 0.25) is 0 Å². The number of rotatable bonds is 4. The first-order valence-electron chi connectivity index (χ1n) is 7.38. The number of nitrogens with two attached hydrogens (primary N) is 1. The van der Waals surface area contributed by atoms with Crippen molar-refractivity contribution in [1.29, 1.82) is 0 Å². The number of aromatic nitrogens is 1. The van der Waals surface area contributed by atoms with E-state index in [1.165, 1.54) is 0 Å². The Morgan fingerprint density at radius 3 is 2.95 bits per heavy atom. The van der Waals surface area contributed by atoms with Crippen LogP contribution in [0.5, 0.6) is 0 Å². The molecular weight excluding hydrogens is 268 g/mol. The normalized spacial score (nSPS) is 19.9. The van der Waals surface area contributed by atoms with Crippen molar-refractivity contribution in [1.82, 2.24) is 4.98 Å². The molecule has 0 spiro atoms. The van der Waals surface area contributed by atoms with Gasteiger partial charge in [-0.25, -0.2) is 0 Å². The summed E-state index contributed by atoms with van der Waals surface area (Å²) >= 11 is 0. The minimum atomic E-state index is 0.0966. The lowest BCUT2D eigenvalue weighted by atomic mass is 9.94. The zero-order valence-electron chi connectivity index (χ0n) is 12.7. The van der Waals surface area contributed by atoms with E-state index >= 15 is 0 Å². The first-order chi connectivity index (χ1) is 10.1. The van der Waals surface area contributed by atoms with Gasteiger partial charge < -0.3 is 20.9 Å². The average molecular weight is 292 g/mol. The highest BCUT2D eigenvalue weighted by atomic mass is 16.4. The molecule has 116 valence electrons. The standard InChI is InChI=1S/C15H24N4O2/c1-10-8-13(14(11(2)17-10)15(16)18-21)19-6-3-4-12(9-19)5-7-20/h8,12,20-21H,3-7,9H2,1-2H3,(H2,16,18). The van der Waals surface area contributed by atoms with Crippen LogP contribution in [0.1, 0.15) is 36.2 Å². The molecule has 0 aromatic carbocycles. The molecule has 4 N–H and O–H groups in total. The van der Waals surface area contributed by atoms with Crippen molar-refractivity contribution in [3.8, 4) is 0 Å². The number of nitrogens with zero attached hydrogens (tertiary/aromatic N) is 3. The molecule has 1 aromatic heterocycles. The van der Waals surface area contributed by atoms with E-state index in [9.17, 15) is 0 Å². The smallest absolute Gasteiger partial charge is 0.174 e. The summed E-state index contributed by atoms with van der Waals surface area (Å²) in [6.07, 6.45) is 3.04. The van der Waals surface area contributed by atoms with E-state index in [2.05, 4.69) is 15.0 Å². The van der Waals surface area contributed by atoms with Gasteiger partial charge in [0.15, 0.2) is 5.84 Å². The summed E-state index contributed by atoms with van der Waals surface area (Å²) in [5.74, 6) is 0.581. The third-order valence-corrected chi connectivity index (χ3v) is 4.07. The highest BCUT2D eigenvalue weighted by molar-refractivity contribution is 6.03. The largest absolute Gasteiger partial charge is 0.409 e. The topological polar surface area (TPSA) is 95.0 Å². The van der Waals surface area contributed by atoms with E-state index in [4.69, 9.17) is 16.0 Å². The average Bonchev–Trinajstić information content (AvgIpc) is 2.46. The number of pyridine rings is 1. The SMILES string of the molecule is Cc1cc(N2CCCC(CCO)C2)c(/C(N)=N/O)c(C)n1. The predicted octanol–water partition coefficient (Wildman–Crippen LogP) is 1.39. The van der Waals surface area contributed by atoms with E-state index in [1.54, 1.807) is 0 Å².